The number of rotatable bonds is 46. The summed E-state index contributed by atoms with van der Waals surface area (Å²) in [6, 6.07) is -1.48. The van der Waals surface area contributed by atoms with E-state index < -0.39 is 45.1 Å². The molecule has 0 radical (unpaired) electrons. The second-order valence-electron chi connectivity index (χ2n) is 16.2. The van der Waals surface area contributed by atoms with Gasteiger partial charge in [-0.15, -0.1) is 0 Å². The van der Waals surface area contributed by atoms with Gasteiger partial charge in [-0.1, -0.05) is 182 Å². The average molecular weight is 904 g/mol. The van der Waals surface area contributed by atoms with Crippen LogP contribution in [0.4, 0.5) is 0 Å². The molecule has 3 unspecified atom stereocenters. The molecule has 362 valence electrons. The molecular formula is C52H90NO9P. The minimum Gasteiger partial charge on any atom is -0.480 e. The number of nitrogens with two attached hydrogens (primary N) is 1. The average Bonchev–Trinajstić information content (AvgIpc) is 3.26. The van der Waals surface area contributed by atoms with Crippen LogP contribution in [0.25, 0.3) is 0 Å². The van der Waals surface area contributed by atoms with Gasteiger partial charge in [0.15, 0.2) is 0 Å². The quantitative estimate of drug-likeness (QED) is 0.0233. The normalized spacial score (nSPS) is 14.5. The van der Waals surface area contributed by atoms with Crippen molar-refractivity contribution >= 4 is 19.8 Å². The summed E-state index contributed by atoms with van der Waals surface area (Å²) in [6.07, 6.45) is 60.6. The van der Waals surface area contributed by atoms with Crippen molar-refractivity contribution in [1.29, 1.82) is 0 Å². The van der Waals surface area contributed by atoms with Crippen molar-refractivity contribution in [1.82, 2.24) is 0 Å². The molecule has 0 aliphatic rings. The number of carboxylic acids is 1. The van der Waals surface area contributed by atoms with Crippen LogP contribution in [0.3, 0.4) is 0 Å². The van der Waals surface area contributed by atoms with E-state index in [9.17, 15) is 19.0 Å². The minimum atomic E-state index is -4.63. The van der Waals surface area contributed by atoms with Crippen molar-refractivity contribution in [3.05, 3.63) is 85.1 Å². The molecule has 63 heavy (non-hydrogen) atoms. The number of esters is 1. The summed E-state index contributed by atoms with van der Waals surface area (Å²) in [5.41, 5.74) is 5.37. The Balaban J connectivity index is 4.22. The van der Waals surface area contributed by atoms with Gasteiger partial charge in [-0.2, -0.15) is 0 Å². The fraction of sp³-hybridized carbons (Fsp3) is 0.692. The van der Waals surface area contributed by atoms with E-state index in [1.807, 2.05) is 0 Å². The second kappa shape index (κ2) is 47.1. The lowest BCUT2D eigenvalue weighted by molar-refractivity contribution is -0.154. The summed E-state index contributed by atoms with van der Waals surface area (Å²) in [7, 11) is -4.63. The second-order valence-corrected chi connectivity index (χ2v) is 17.7. The Labute approximate surface area is 384 Å². The molecule has 0 fully saturated rings. The lowest BCUT2D eigenvalue weighted by atomic mass is 10.1. The van der Waals surface area contributed by atoms with Crippen LogP contribution in [0.1, 0.15) is 194 Å². The first-order chi connectivity index (χ1) is 30.7. The van der Waals surface area contributed by atoms with Gasteiger partial charge in [-0.25, -0.2) is 4.57 Å². The molecule has 0 amide bonds. The first-order valence-corrected chi connectivity index (χ1v) is 26.1. The predicted molar refractivity (Wildman–Crippen MR) is 263 cm³/mol. The number of hydrogen-bond donors (Lipinski definition) is 3. The Bertz CT molecular complexity index is 1320. The molecular weight excluding hydrogens is 814 g/mol. The van der Waals surface area contributed by atoms with Crippen LogP contribution >= 0.6 is 7.82 Å². The maximum atomic E-state index is 12.7. The number of allylic oxidation sites excluding steroid dienone is 14. The molecule has 11 heteroatoms. The Hall–Kier alpha value is -2.85. The number of unbranched alkanes of at least 4 members (excludes halogenated alkanes) is 18. The van der Waals surface area contributed by atoms with Gasteiger partial charge in [0, 0.05) is 13.0 Å². The number of aliphatic carboxylic acids is 1. The van der Waals surface area contributed by atoms with Crippen LogP contribution in [0.15, 0.2) is 85.1 Å². The fourth-order valence-electron chi connectivity index (χ4n) is 6.37. The highest BCUT2D eigenvalue weighted by Gasteiger charge is 2.27. The van der Waals surface area contributed by atoms with E-state index in [0.717, 1.165) is 89.9 Å². The Morgan fingerprint density at radius 2 is 0.921 bits per heavy atom. The number of carboxylic acid groups (broad SMARTS) is 1. The predicted octanol–water partition coefficient (Wildman–Crippen LogP) is 14.3. The molecule has 10 nitrogen and oxygen atoms in total. The first-order valence-electron chi connectivity index (χ1n) is 24.6. The molecule has 0 aromatic heterocycles. The first kappa shape index (κ1) is 60.2. The summed E-state index contributed by atoms with van der Waals surface area (Å²) in [6.45, 7) is 3.71. The standard InChI is InChI=1S/C52H90NO9P/c1-3-5-7-9-11-13-15-17-19-21-23-25-26-28-30-32-34-36-38-40-42-44-51(54)62-49(47-60-63(57,58)61-48-50(53)52(55)56)46-59-45-43-41-39-37-35-33-31-29-27-24-22-20-18-16-14-12-10-8-6-4-2/h5,7,11-14,17-20,23-25,27,49-50H,3-4,6,8-10,15-16,21-22,26,28-48,53H2,1-2H3,(H,55,56)(H,57,58)/b7-5-,13-11-,14-12-,19-17-,20-18-,25-23-,27-24-. The number of phosphoric ester groups is 1. The van der Waals surface area contributed by atoms with Crippen LogP contribution in [0.2, 0.25) is 0 Å². The Morgan fingerprint density at radius 3 is 1.38 bits per heavy atom. The highest BCUT2D eigenvalue weighted by atomic mass is 31.2. The van der Waals surface area contributed by atoms with Crippen molar-refractivity contribution in [3.63, 3.8) is 0 Å². The number of hydrogen-bond acceptors (Lipinski definition) is 8. The Morgan fingerprint density at radius 1 is 0.524 bits per heavy atom. The highest BCUT2D eigenvalue weighted by Crippen LogP contribution is 2.43. The van der Waals surface area contributed by atoms with E-state index in [0.29, 0.717) is 13.0 Å². The molecule has 0 rings (SSSR count). The third-order valence-corrected chi connectivity index (χ3v) is 11.1. The van der Waals surface area contributed by atoms with Crippen molar-refractivity contribution in [2.45, 2.75) is 206 Å². The van der Waals surface area contributed by atoms with Crippen LogP contribution in [-0.4, -0.2) is 60.5 Å². The topological polar surface area (TPSA) is 155 Å². The van der Waals surface area contributed by atoms with Crippen molar-refractivity contribution < 1.29 is 42.7 Å². The van der Waals surface area contributed by atoms with E-state index in [4.69, 9.17) is 29.4 Å². The zero-order chi connectivity index (χ0) is 46.2. The Kier molecular flexibility index (Phi) is 45.0. The summed E-state index contributed by atoms with van der Waals surface area (Å²) in [5, 5.41) is 8.92. The smallest absolute Gasteiger partial charge is 0.472 e. The highest BCUT2D eigenvalue weighted by molar-refractivity contribution is 7.47. The van der Waals surface area contributed by atoms with E-state index >= 15 is 0 Å². The van der Waals surface area contributed by atoms with Gasteiger partial charge in [-0.05, 0) is 89.9 Å². The SMILES string of the molecule is CC/C=C\C/C=C\C/C=C\C/C=C\CCCCCCCCCCC(=O)OC(COCCCCCCCCC/C=C\C/C=C\C/C=C\CCCCC)COP(=O)(O)OCC(N)C(=O)O. The van der Waals surface area contributed by atoms with Gasteiger partial charge >= 0.3 is 19.8 Å². The summed E-state index contributed by atoms with van der Waals surface area (Å²) >= 11 is 0. The van der Waals surface area contributed by atoms with Gasteiger partial charge in [0.1, 0.15) is 12.1 Å². The van der Waals surface area contributed by atoms with Gasteiger partial charge in [-0.3, -0.25) is 18.6 Å². The van der Waals surface area contributed by atoms with E-state index in [2.05, 4.69) is 98.9 Å². The van der Waals surface area contributed by atoms with E-state index in [1.165, 1.54) is 77.0 Å². The van der Waals surface area contributed by atoms with Crippen molar-refractivity contribution in [2.24, 2.45) is 5.73 Å². The third-order valence-electron chi connectivity index (χ3n) is 10.2. The zero-order valence-electron chi connectivity index (χ0n) is 39.6. The molecule has 0 spiro atoms. The van der Waals surface area contributed by atoms with Gasteiger partial charge in [0.05, 0.1) is 19.8 Å². The minimum absolute atomic E-state index is 0.00213. The zero-order valence-corrected chi connectivity index (χ0v) is 40.5. The lowest BCUT2D eigenvalue weighted by Crippen LogP contribution is -2.34. The molecule has 0 bridgehead atoms. The van der Waals surface area contributed by atoms with Gasteiger partial charge < -0.3 is 25.2 Å². The van der Waals surface area contributed by atoms with E-state index in [-0.39, 0.29) is 13.0 Å². The van der Waals surface area contributed by atoms with Crippen molar-refractivity contribution in [2.75, 3.05) is 26.4 Å². The molecule has 0 heterocycles. The summed E-state index contributed by atoms with van der Waals surface area (Å²) < 4.78 is 33.5. The lowest BCUT2D eigenvalue weighted by Gasteiger charge is -2.20. The number of carbonyl (C=O) groups is 2. The van der Waals surface area contributed by atoms with Gasteiger partial charge in [0.2, 0.25) is 0 Å². The summed E-state index contributed by atoms with van der Waals surface area (Å²) in [5.74, 6) is -1.80. The maximum absolute atomic E-state index is 12.7. The van der Waals surface area contributed by atoms with Crippen LogP contribution in [0, 0.1) is 0 Å². The van der Waals surface area contributed by atoms with Crippen LogP contribution in [-0.2, 0) is 32.7 Å². The number of phosphoric acid groups is 1. The third kappa shape index (κ3) is 46.9. The van der Waals surface area contributed by atoms with E-state index in [1.54, 1.807) is 0 Å². The summed E-state index contributed by atoms with van der Waals surface area (Å²) in [4.78, 5) is 33.7. The molecule has 0 aliphatic carbocycles. The largest absolute Gasteiger partial charge is 0.480 e. The molecule has 0 aliphatic heterocycles. The number of carbonyl (C=O) groups excluding carboxylic acids is 1. The molecule has 3 atom stereocenters. The fourth-order valence-corrected chi connectivity index (χ4v) is 7.14. The van der Waals surface area contributed by atoms with Gasteiger partial charge in [0.25, 0.3) is 0 Å². The molecule has 0 aromatic carbocycles. The maximum Gasteiger partial charge on any atom is 0.472 e. The monoisotopic (exact) mass is 904 g/mol. The number of ether oxygens (including phenoxy) is 2. The molecule has 4 N–H and O–H groups in total. The molecule has 0 aromatic rings. The van der Waals surface area contributed by atoms with Crippen molar-refractivity contribution in [3.8, 4) is 0 Å². The molecule has 0 saturated heterocycles. The van der Waals surface area contributed by atoms with Crippen LogP contribution in [0.5, 0.6) is 0 Å². The molecule has 0 saturated carbocycles. The van der Waals surface area contributed by atoms with Crippen LogP contribution < -0.4 is 5.73 Å².